The number of anilines is 2. The third-order valence-electron chi connectivity index (χ3n) is 5.35. The molecule has 0 aliphatic rings. The van der Waals surface area contributed by atoms with Crippen molar-refractivity contribution in [2.24, 2.45) is 0 Å². The van der Waals surface area contributed by atoms with Gasteiger partial charge in [0.15, 0.2) is 0 Å². The van der Waals surface area contributed by atoms with Crippen molar-refractivity contribution < 1.29 is 14.0 Å². The number of carbonyl (C=O) groups is 2. The minimum absolute atomic E-state index is 0.138. The molecule has 0 fully saturated rings. The first-order chi connectivity index (χ1) is 15.4. The van der Waals surface area contributed by atoms with Gasteiger partial charge in [0.1, 0.15) is 5.82 Å². The first-order valence-corrected chi connectivity index (χ1v) is 10.4. The molecule has 2 amide bonds. The highest BCUT2D eigenvalue weighted by Crippen LogP contribution is 2.32. The van der Waals surface area contributed by atoms with Crippen LogP contribution in [0, 0.1) is 12.7 Å². The summed E-state index contributed by atoms with van der Waals surface area (Å²) in [5, 5.41) is 6.45. The Kier molecular flexibility index (Phi) is 6.03. The number of aromatic amines is 1. The van der Waals surface area contributed by atoms with E-state index in [9.17, 15) is 14.0 Å². The van der Waals surface area contributed by atoms with Gasteiger partial charge in [-0.3, -0.25) is 9.59 Å². The topological polar surface area (TPSA) is 74.0 Å². The van der Waals surface area contributed by atoms with Gasteiger partial charge in [0.2, 0.25) is 11.8 Å². The molecule has 3 aromatic carbocycles. The lowest BCUT2D eigenvalue weighted by atomic mass is 10.0. The average Bonchev–Trinajstić information content (AvgIpc) is 3.12. The lowest BCUT2D eigenvalue weighted by molar-refractivity contribution is -0.116. The van der Waals surface area contributed by atoms with Crippen molar-refractivity contribution in [3.05, 3.63) is 83.7 Å². The number of amides is 2. The monoisotopic (exact) mass is 429 g/mol. The molecule has 0 bridgehead atoms. The third-order valence-corrected chi connectivity index (χ3v) is 5.35. The largest absolute Gasteiger partial charge is 0.354 e. The Labute approximate surface area is 185 Å². The van der Waals surface area contributed by atoms with Crippen LogP contribution in [0.2, 0.25) is 0 Å². The summed E-state index contributed by atoms with van der Waals surface area (Å²) in [5.74, 6) is -0.590. The first kappa shape index (κ1) is 21.3. The number of fused-ring (bicyclic) bond motifs is 1. The van der Waals surface area contributed by atoms with E-state index >= 15 is 0 Å². The molecule has 0 spiro atoms. The van der Waals surface area contributed by atoms with Gasteiger partial charge in [0, 0.05) is 41.3 Å². The zero-order valence-electron chi connectivity index (χ0n) is 18.0. The standard InChI is InChI=1S/C26H24FN3O2/c1-16-14-20(9-12-23(16)28-17(2)31)29-25(32)13-10-21-22-15-19(27)8-11-24(22)30-26(21)18-6-4-3-5-7-18/h3-9,11-12,14-15,30H,10,13H2,1-2H3,(H,28,31)(H,29,32). The van der Waals surface area contributed by atoms with E-state index in [0.29, 0.717) is 17.8 Å². The summed E-state index contributed by atoms with van der Waals surface area (Å²) in [5.41, 5.74) is 5.87. The van der Waals surface area contributed by atoms with Gasteiger partial charge in [0.05, 0.1) is 0 Å². The molecule has 0 aliphatic carbocycles. The molecule has 0 saturated heterocycles. The fourth-order valence-electron chi connectivity index (χ4n) is 3.86. The fourth-order valence-corrected chi connectivity index (χ4v) is 3.86. The van der Waals surface area contributed by atoms with Crippen LogP contribution in [-0.2, 0) is 16.0 Å². The van der Waals surface area contributed by atoms with Crippen molar-refractivity contribution in [1.82, 2.24) is 4.98 Å². The van der Waals surface area contributed by atoms with Gasteiger partial charge in [-0.05, 0) is 66.4 Å². The van der Waals surface area contributed by atoms with Gasteiger partial charge in [-0.1, -0.05) is 30.3 Å². The van der Waals surface area contributed by atoms with E-state index in [1.807, 2.05) is 43.3 Å². The number of aryl methyl sites for hydroxylation is 2. The molecule has 32 heavy (non-hydrogen) atoms. The molecule has 0 radical (unpaired) electrons. The van der Waals surface area contributed by atoms with E-state index in [1.54, 1.807) is 18.2 Å². The number of H-pyrrole nitrogens is 1. The van der Waals surface area contributed by atoms with Crippen molar-refractivity contribution in [2.45, 2.75) is 26.7 Å². The molecule has 0 saturated carbocycles. The van der Waals surface area contributed by atoms with Crippen molar-refractivity contribution >= 4 is 34.1 Å². The second kappa shape index (κ2) is 9.06. The van der Waals surface area contributed by atoms with Crippen LogP contribution in [0.4, 0.5) is 15.8 Å². The van der Waals surface area contributed by atoms with Crippen LogP contribution >= 0.6 is 0 Å². The fraction of sp³-hybridized carbons (Fsp3) is 0.154. The second-order valence-corrected chi connectivity index (χ2v) is 7.79. The smallest absolute Gasteiger partial charge is 0.224 e. The van der Waals surface area contributed by atoms with E-state index in [-0.39, 0.29) is 24.1 Å². The average molecular weight is 429 g/mol. The van der Waals surface area contributed by atoms with E-state index in [2.05, 4.69) is 15.6 Å². The Bertz CT molecular complexity index is 1300. The molecule has 0 atom stereocenters. The van der Waals surface area contributed by atoms with Crippen LogP contribution in [0.15, 0.2) is 66.7 Å². The number of hydrogen-bond acceptors (Lipinski definition) is 2. The van der Waals surface area contributed by atoms with Gasteiger partial charge >= 0.3 is 0 Å². The SMILES string of the molecule is CC(=O)Nc1ccc(NC(=O)CCc2c(-c3ccccc3)[nH]c3ccc(F)cc23)cc1C. The van der Waals surface area contributed by atoms with Gasteiger partial charge in [0.25, 0.3) is 0 Å². The van der Waals surface area contributed by atoms with Gasteiger partial charge in [-0.25, -0.2) is 4.39 Å². The molecule has 1 heterocycles. The predicted molar refractivity (Wildman–Crippen MR) is 126 cm³/mol. The van der Waals surface area contributed by atoms with E-state index in [1.165, 1.54) is 19.1 Å². The summed E-state index contributed by atoms with van der Waals surface area (Å²) in [6.45, 7) is 3.32. The number of rotatable bonds is 6. The molecule has 1 aromatic heterocycles. The minimum Gasteiger partial charge on any atom is -0.354 e. The highest BCUT2D eigenvalue weighted by molar-refractivity contribution is 5.95. The van der Waals surface area contributed by atoms with Crippen molar-refractivity contribution in [1.29, 1.82) is 0 Å². The van der Waals surface area contributed by atoms with Crippen molar-refractivity contribution in [3.8, 4) is 11.3 Å². The van der Waals surface area contributed by atoms with Crippen LogP contribution < -0.4 is 10.6 Å². The maximum Gasteiger partial charge on any atom is 0.224 e. The molecule has 0 aliphatic heterocycles. The molecule has 6 heteroatoms. The number of carbonyl (C=O) groups excluding carboxylic acids is 2. The number of nitrogens with one attached hydrogen (secondary N) is 3. The van der Waals surface area contributed by atoms with Crippen LogP contribution in [0.3, 0.4) is 0 Å². The highest BCUT2D eigenvalue weighted by atomic mass is 19.1. The summed E-state index contributed by atoms with van der Waals surface area (Å²) in [6, 6.07) is 19.8. The second-order valence-electron chi connectivity index (χ2n) is 7.79. The van der Waals surface area contributed by atoms with Crippen LogP contribution in [0.1, 0.15) is 24.5 Å². The normalized spacial score (nSPS) is 10.8. The summed E-state index contributed by atoms with van der Waals surface area (Å²) in [7, 11) is 0. The van der Waals surface area contributed by atoms with Gasteiger partial charge < -0.3 is 15.6 Å². The van der Waals surface area contributed by atoms with Crippen molar-refractivity contribution in [2.75, 3.05) is 10.6 Å². The summed E-state index contributed by atoms with van der Waals surface area (Å²) >= 11 is 0. The van der Waals surface area contributed by atoms with E-state index in [4.69, 9.17) is 0 Å². The lowest BCUT2D eigenvalue weighted by Gasteiger charge is -2.11. The Morgan fingerprint density at radius 1 is 0.969 bits per heavy atom. The third kappa shape index (κ3) is 4.70. The zero-order chi connectivity index (χ0) is 22.7. The number of hydrogen-bond donors (Lipinski definition) is 3. The zero-order valence-corrected chi connectivity index (χ0v) is 18.0. The number of aromatic nitrogens is 1. The summed E-state index contributed by atoms with van der Waals surface area (Å²) in [4.78, 5) is 27.3. The summed E-state index contributed by atoms with van der Waals surface area (Å²) in [6.07, 6.45) is 0.707. The number of halogens is 1. The lowest BCUT2D eigenvalue weighted by Crippen LogP contribution is -2.13. The quantitative estimate of drug-likeness (QED) is 0.362. The van der Waals surface area contributed by atoms with Gasteiger partial charge in [-0.15, -0.1) is 0 Å². The first-order valence-electron chi connectivity index (χ1n) is 10.4. The molecule has 5 nitrogen and oxygen atoms in total. The molecular formula is C26H24FN3O2. The Balaban J connectivity index is 1.54. The molecular weight excluding hydrogens is 405 g/mol. The highest BCUT2D eigenvalue weighted by Gasteiger charge is 2.15. The maximum absolute atomic E-state index is 13.9. The van der Waals surface area contributed by atoms with E-state index in [0.717, 1.165) is 33.3 Å². The maximum atomic E-state index is 13.9. The molecule has 3 N–H and O–H groups in total. The minimum atomic E-state index is -0.309. The Morgan fingerprint density at radius 2 is 1.75 bits per heavy atom. The van der Waals surface area contributed by atoms with Crippen molar-refractivity contribution in [3.63, 3.8) is 0 Å². The summed E-state index contributed by atoms with van der Waals surface area (Å²) < 4.78 is 13.9. The Morgan fingerprint density at radius 3 is 2.47 bits per heavy atom. The van der Waals surface area contributed by atoms with Crippen LogP contribution in [-0.4, -0.2) is 16.8 Å². The molecule has 4 rings (SSSR count). The molecule has 162 valence electrons. The number of benzene rings is 3. The molecule has 4 aromatic rings. The van der Waals surface area contributed by atoms with Gasteiger partial charge in [-0.2, -0.15) is 0 Å². The van der Waals surface area contributed by atoms with E-state index < -0.39 is 0 Å². The Hall–Kier alpha value is -3.93. The predicted octanol–water partition coefficient (Wildman–Crippen LogP) is 5.81. The molecule has 0 unspecified atom stereocenters. The van der Waals surface area contributed by atoms with Crippen LogP contribution in [0.5, 0.6) is 0 Å². The van der Waals surface area contributed by atoms with Crippen LogP contribution in [0.25, 0.3) is 22.2 Å².